The lowest BCUT2D eigenvalue weighted by Crippen LogP contribution is -2.61. The number of halogens is 1. The molecule has 0 aromatic heterocycles. The van der Waals surface area contributed by atoms with Crippen LogP contribution in [0.1, 0.15) is 12.8 Å². The molecule has 1 aliphatic rings. The normalized spacial score (nSPS) is 41.8. The Morgan fingerprint density at radius 3 is 2.44 bits per heavy atom. The van der Waals surface area contributed by atoms with Crippen LogP contribution < -0.4 is 5.73 Å². The van der Waals surface area contributed by atoms with Crippen molar-refractivity contribution >= 4 is 28.6 Å². The Bertz CT molecular complexity index is 150. The molecule has 3 N–H and O–H groups in total. The summed E-state index contributed by atoms with van der Waals surface area (Å²) in [4.78, 5) is 10.4. The molecule has 0 radical (unpaired) electrons. The predicted molar refractivity (Wildman–Crippen MR) is 41.6 cm³/mol. The van der Waals surface area contributed by atoms with Gasteiger partial charge in [-0.15, -0.1) is 0 Å². The summed E-state index contributed by atoms with van der Waals surface area (Å²) in [6.07, 6.45) is 1.55. The number of carboxylic acids is 1. The monoisotopic (exact) mass is 237 g/mol. The summed E-state index contributed by atoms with van der Waals surface area (Å²) in [7, 11) is 0. The van der Waals surface area contributed by atoms with Gasteiger partial charge in [0.05, 0.1) is 0 Å². The van der Waals surface area contributed by atoms with Crippen LogP contribution in [0.5, 0.6) is 0 Å². The van der Waals surface area contributed by atoms with Crippen LogP contribution in [0, 0.1) is 0 Å². The Morgan fingerprint density at radius 2 is 2.44 bits per heavy atom. The van der Waals surface area contributed by atoms with Gasteiger partial charge in [0, 0.05) is 3.92 Å². The van der Waals surface area contributed by atoms with Gasteiger partial charge in [0.2, 0.25) is 0 Å². The van der Waals surface area contributed by atoms with E-state index in [-0.39, 0.29) is 3.92 Å². The number of carboxylic acid groups (broad SMARTS) is 1. The van der Waals surface area contributed by atoms with E-state index in [0.717, 1.165) is 6.42 Å². The maximum atomic E-state index is 10.4. The van der Waals surface area contributed by atoms with Crippen molar-refractivity contribution in [3.8, 4) is 0 Å². The zero-order valence-corrected chi connectivity index (χ0v) is 6.96. The lowest BCUT2D eigenvalue weighted by Gasteiger charge is -2.39. The summed E-state index contributed by atoms with van der Waals surface area (Å²) in [5, 5.41) is 8.53. The molecule has 0 amide bonds. The largest absolute Gasteiger partial charge is 0.480 e. The van der Waals surface area contributed by atoms with Crippen molar-refractivity contribution in [2.75, 3.05) is 0 Å². The van der Waals surface area contributed by atoms with Gasteiger partial charge in [-0.25, -0.2) is 0 Å². The quantitative estimate of drug-likeness (QED) is 0.511. The first-order chi connectivity index (χ1) is 4.07. The molecule has 0 aromatic carbocycles. The third-order valence-electron chi connectivity index (χ3n) is 1.77. The van der Waals surface area contributed by atoms with Crippen LogP contribution >= 0.6 is 22.6 Å². The van der Waals surface area contributed by atoms with Gasteiger partial charge < -0.3 is 10.8 Å². The molecule has 1 aliphatic carbocycles. The smallest absolute Gasteiger partial charge is 0.324 e. The Kier molecular flexibility index (Phi) is 1.69. The number of rotatable bonds is 1. The first-order valence-corrected chi connectivity index (χ1v) is 3.98. The fourth-order valence-electron chi connectivity index (χ4n) is 0.805. The van der Waals surface area contributed by atoms with Gasteiger partial charge in [-0.1, -0.05) is 22.6 Å². The van der Waals surface area contributed by atoms with E-state index in [1.807, 2.05) is 0 Å². The van der Waals surface area contributed by atoms with E-state index in [1.165, 1.54) is 0 Å². The maximum Gasteiger partial charge on any atom is 0.324 e. The molecule has 52 valence electrons. The zero-order chi connectivity index (χ0) is 7.07. The number of nitrogens with two attached hydrogens (primary N) is 1. The molecule has 1 unspecified atom stereocenters. The van der Waals surface area contributed by atoms with Crippen molar-refractivity contribution in [2.24, 2.45) is 5.73 Å². The third-order valence-corrected chi connectivity index (χ3v) is 3.50. The van der Waals surface area contributed by atoms with E-state index in [4.69, 9.17) is 10.8 Å². The third kappa shape index (κ3) is 0.939. The number of carbonyl (C=O) groups is 1. The van der Waals surface area contributed by atoms with Crippen LogP contribution in [0.25, 0.3) is 0 Å². The van der Waals surface area contributed by atoms with Crippen LogP contribution in [0.4, 0.5) is 0 Å². The van der Waals surface area contributed by atoms with Crippen molar-refractivity contribution in [1.29, 1.82) is 0 Å². The van der Waals surface area contributed by atoms with Crippen LogP contribution in [0.2, 0.25) is 0 Å². The molecule has 1 fully saturated rings. The topological polar surface area (TPSA) is 63.3 Å². The van der Waals surface area contributed by atoms with Gasteiger partial charge in [-0.2, -0.15) is 0 Å². The number of hydrogen-bond donors (Lipinski definition) is 2. The van der Waals surface area contributed by atoms with Crippen molar-refractivity contribution in [2.45, 2.75) is 22.3 Å². The molecule has 9 heavy (non-hydrogen) atoms. The lowest BCUT2D eigenvalue weighted by atomic mass is 9.78. The molecule has 1 rings (SSSR count). The average Bonchev–Trinajstić information content (AvgIpc) is 1.82. The molecular formula is C5H8INO2. The molecule has 1 saturated carbocycles. The summed E-state index contributed by atoms with van der Waals surface area (Å²) in [5.74, 6) is -0.867. The highest BCUT2D eigenvalue weighted by atomic mass is 123. The molecular weight excluding hydrogens is 229 g/mol. The molecule has 4 heteroatoms. The molecule has 0 heterocycles. The average molecular weight is 237 g/mol. The van der Waals surface area contributed by atoms with E-state index in [0.29, 0.717) is 6.42 Å². The van der Waals surface area contributed by atoms with Gasteiger partial charge in [0.25, 0.3) is 0 Å². The van der Waals surface area contributed by atoms with Gasteiger partial charge in [0.15, 0.2) is 0 Å². The fourth-order valence-corrected chi connectivity index (χ4v) is 1.69. The van der Waals surface area contributed by atoms with Crippen molar-refractivity contribution in [3.63, 3.8) is 0 Å². The molecule has 3 nitrogen and oxygen atoms in total. The van der Waals surface area contributed by atoms with Crippen molar-refractivity contribution < 1.29 is 9.90 Å². The van der Waals surface area contributed by atoms with Gasteiger partial charge in [-0.05, 0) is 12.8 Å². The second kappa shape index (κ2) is 2.09. The first-order valence-electron chi connectivity index (χ1n) is 2.74. The number of alkyl halides is 1. The van der Waals surface area contributed by atoms with E-state index >= 15 is 0 Å². The van der Waals surface area contributed by atoms with Crippen molar-refractivity contribution in [3.05, 3.63) is 0 Å². The highest BCUT2D eigenvalue weighted by Crippen LogP contribution is 2.36. The SMILES string of the molecule is N[C@@]1(C(=O)O)CCC1[123I]. The second-order valence-electron chi connectivity index (χ2n) is 2.35. The first kappa shape index (κ1) is 7.27. The fraction of sp³-hybridized carbons (Fsp3) is 0.800. The molecule has 2 atom stereocenters. The molecule has 0 spiro atoms. The number of aliphatic carboxylic acids is 1. The molecule has 0 saturated heterocycles. The predicted octanol–water partition coefficient (Wildman–Crippen LogP) is 0.366. The van der Waals surface area contributed by atoms with Crippen LogP contribution in [-0.4, -0.2) is 20.5 Å². The highest BCUT2D eigenvalue weighted by molar-refractivity contribution is 14.1. The van der Waals surface area contributed by atoms with Gasteiger partial charge >= 0.3 is 5.97 Å². The summed E-state index contributed by atoms with van der Waals surface area (Å²) in [6, 6.07) is 0. The Balaban J connectivity index is 2.64. The Morgan fingerprint density at radius 1 is 1.89 bits per heavy atom. The van der Waals surface area contributed by atoms with Gasteiger partial charge in [-0.3, -0.25) is 4.79 Å². The molecule has 0 bridgehead atoms. The standard InChI is InChI=1S/C5H8INO2/c6-3-1-2-5(3,7)4(8)9/h3H,1-2,7H2,(H,8,9)/t3?,5-/m0/s1/i6-4. The van der Waals surface area contributed by atoms with E-state index in [9.17, 15) is 4.79 Å². The molecule has 0 aliphatic heterocycles. The highest BCUT2D eigenvalue weighted by Gasteiger charge is 2.48. The molecule has 0 aromatic rings. The minimum absolute atomic E-state index is 0.118. The minimum Gasteiger partial charge on any atom is -0.480 e. The van der Waals surface area contributed by atoms with Gasteiger partial charge in [0.1, 0.15) is 5.54 Å². The van der Waals surface area contributed by atoms with Crippen molar-refractivity contribution in [1.82, 2.24) is 0 Å². The second-order valence-corrected chi connectivity index (χ2v) is 3.86. The zero-order valence-electron chi connectivity index (χ0n) is 4.80. The summed E-state index contributed by atoms with van der Waals surface area (Å²) < 4.78 is 0.118. The van der Waals surface area contributed by atoms with Crippen LogP contribution in [0.3, 0.4) is 0 Å². The maximum absolute atomic E-state index is 10.4. The van der Waals surface area contributed by atoms with E-state index in [2.05, 4.69) is 22.6 Å². The summed E-state index contributed by atoms with van der Waals surface area (Å²) in [6.45, 7) is 0. The Hall–Kier alpha value is 0.160. The minimum atomic E-state index is -0.916. The summed E-state index contributed by atoms with van der Waals surface area (Å²) >= 11 is 2.08. The number of hydrogen-bond acceptors (Lipinski definition) is 2. The van der Waals surface area contributed by atoms with E-state index < -0.39 is 11.5 Å². The van der Waals surface area contributed by atoms with Crippen LogP contribution in [0.15, 0.2) is 0 Å². The lowest BCUT2D eigenvalue weighted by molar-refractivity contribution is -0.145. The van der Waals surface area contributed by atoms with E-state index in [1.54, 1.807) is 0 Å². The Labute approximate surface area is 66.8 Å². The summed E-state index contributed by atoms with van der Waals surface area (Å²) in [5.41, 5.74) is 4.57. The van der Waals surface area contributed by atoms with Crippen LogP contribution in [-0.2, 0) is 4.79 Å².